The minimum Gasteiger partial charge on any atom is -0.340 e. The molecule has 2 saturated heterocycles. The van der Waals surface area contributed by atoms with E-state index in [9.17, 15) is 13.2 Å². The van der Waals surface area contributed by atoms with E-state index in [4.69, 9.17) is 0 Å². The SMILES string of the molecule is O=C([C@@H]1C[C@@H]1c1ccccc1)N1CCN([C@H]2CCS(=O)(=O)C2)CC1. The largest absolute Gasteiger partial charge is 0.340 e. The molecule has 2 aliphatic heterocycles. The van der Waals surface area contributed by atoms with Gasteiger partial charge in [-0.25, -0.2) is 8.42 Å². The van der Waals surface area contributed by atoms with E-state index in [0.29, 0.717) is 17.4 Å². The van der Waals surface area contributed by atoms with Gasteiger partial charge in [-0.1, -0.05) is 30.3 Å². The Kier molecular flexibility index (Phi) is 4.12. The van der Waals surface area contributed by atoms with Gasteiger partial charge >= 0.3 is 0 Å². The fourth-order valence-corrected chi connectivity index (χ4v) is 5.90. The molecule has 0 spiro atoms. The summed E-state index contributed by atoms with van der Waals surface area (Å²) in [4.78, 5) is 16.9. The topological polar surface area (TPSA) is 57.7 Å². The van der Waals surface area contributed by atoms with E-state index < -0.39 is 9.84 Å². The smallest absolute Gasteiger partial charge is 0.226 e. The highest BCUT2D eigenvalue weighted by Gasteiger charge is 2.46. The van der Waals surface area contributed by atoms with E-state index in [1.165, 1.54) is 5.56 Å². The molecule has 3 fully saturated rings. The molecule has 0 aromatic heterocycles. The van der Waals surface area contributed by atoms with Gasteiger partial charge in [-0.15, -0.1) is 0 Å². The molecule has 1 amide bonds. The first-order valence-corrected chi connectivity index (χ1v) is 10.6. The third kappa shape index (κ3) is 3.22. The van der Waals surface area contributed by atoms with Crippen molar-refractivity contribution in [2.24, 2.45) is 5.92 Å². The summed E-state index contributed by atoms with van der Waals surface area (Å²) in [5.41, 5.74) is 1.27. The van der Waals surface area contributed by atoms with Crippen LogP contribution in [0.2, 0.25) is 0 Å². The van der Waals surface area contributed by atoms with E-state index in [2.05, 4.69) is 17.0 Å². The summed E-state index contributed by atoms with van der Waals surface area (Å²) in [5, 5.41) is 0. The monoisotopic (exact) mass is 348 g/mol. The van der Waals surface area contributed by atoms with Gasteiger partial charge in [0, 0.05) is 38.1 Å². The summed E-state index contributed by atoms with van der Waals surface area (Å²) in [5.74, 6) is 1.42. The lowest BCUT2D eigenvalue weighted by Crippen LogP contribution is -2.52. The van der Waals surface area contributed by atoms with Gasteiger partial charge in [0.2, 0.25) is 5.91 Å². The second-order valence-corrected chi connectivity index (χ2v) is 9.51. The lowest BCUT2D eigenvalue weighted by Gasteiger charge is -2.37. The molecule has 0 radical (unpaired) electrons. The Bertz CT molecular complexity index is 711. The molecule has 1 aromatic carbocycles. The molecule has 1 aromatic rings. The van der Waals surface area contributed by atoms with Crippen molar-refractivity contribution >= 4 is 15.7 Å². The van der Waals surface area contributed by atoms with Crippen LogP contribution in [0.1, 0.15) is 24.3 Å². The van der Waals surface area contributed by atoms with Crippen molar-refractivity contribution in [1.29, 1.82) is 0 Å². The van der Waals surface area contributed by atoms with Crippen LogP contribution in [0.5, 0.6) is 0 Å². The molecule has 4 rings (SSSR count). The van der Waals surface area contributed by atoms with Gasteiger partial charge in [0.15, 0.2) is 9.84 Å². The molecule has 1 aliphatic carbocycles. The Morgan fingerprint density at radius 2 is 1.75 bits per heavy atom. The van der Waals surface area contributed by atoms with Crippen LogP contribution in [0.25, 0.3) is 0 Å². The van der Waals surface area contributed by atoms with Crippen LogP contribution in [-0.4, -0.2) is 67.9 Å². The van der Waals surface area contributed by atoms with Crippen LogP contribution < -0.4 is 0 Å². The van der Waals surface area contributed by atoms with E-state index in [0.717, 1.165) is 39.0 Å². The van der Waals surface area contributed by atoms with Gasteiger partial charge in [-0.2, -0.15) is 0 Å². The minimum absolute atomic E-state index is 0.144. The molecule has 2 heterocycles. The average Bonchev–Trinajstić information content (AvgIpc) is 3.32. The van der Waals surface area contributed by atoms with Crippen LogP contribution in [0.15, 0.2) is 30.3 Å². The number of benzene rings is 1. The maximum absolute atomic E-state index is 12.7. The lowest BCUT2D eigenvalue weighted by molar-refractivity contribution is -0.134. The normalized spacial score (nSPS) is 32.7. The van der Waals surface area contributed by atoms with Crippen LogP contribution >= 0.6 is 0 Å². The molecule has 24 heavy (non-hydrogen) atoms. The lowest BCUT2D eigenvalue weighted by atomic mass is 10.1. The predicted octanol–water partition coefficient (Wildman–Crippen LogP) is 1.12. The van der Waals surface area contributed by atoms with Crippen molar-refractivity contribution < 1.29 is 13.2 Å². The molecule has 6 heteroatoms. The number of hydrogen-bond donors (Lipinski definition) is 0. The highest BCUT2D eigenvalue weighted by molar-refractivity contribution is 7.91. The van der Waals surface area contributed by atoms with Crippen molar-refractivity contribution in [2.45, 2.75) is 24.8 Å². The summed E-state index contributed by atoms with van der Waals surface area (Å²) >= 11 is 0. The molecule has 0 unspecified atom stereocenters. The summed E-state index contributed by atoms with van der Waals surface area (Å²) in [6.07, 6.45) is 1.71. The fourth-order valence-electron chi connectivity index (χ4n) is 4.14. The van der Waals surface area contributed by atoms with Crippen LogP contribution in [0.3, 0.4) is 0 Å². The standard InChI is InChI=1S/C18H24N2O3S/c21-18(17-12-16(17)14-4-2-1-3-5-14)20-9-7-19(8-10-20)15-6-11-24(22,23)13-15/h1-5,15-17H,6-13H2/t15-,16+,17+/m0/s1. The first kappa shape index (κ1) is 16.1. The van der Waals surface area contributed by atoms with E-state index in [1.54, 1.807) is 0 Å². The van der Waals surface area contributed by atoms with E-state index in [-0.39, 0.29) is 17.9 Å². The number of sulfone groups is 1. The Hall–Kier alpha value is -1.40. The Balaban J connectivity index is 1.30. The molecule has 3 atom stereocenters. The molecule has 130 valence electrons. The van der Waals surface area contributed by atoms with E-state index >= 15 is 0 Å². The van der Waals surface area contributed by atoms with Crippen molar-refractivity contribution in [1.82, 2.24) is 9.80 Å². The molecule has 0 N–H and O–H groups in total. The molecule has 1 saturated carbocycles. The maximum atomic E-state index is 12.7. The Labute approximate surface area is 143 Å². The molecule has 0 bridgehead atoms. The second-order valence-electron chi connectivity index (χ2n) is 7.28. The number of rotatable bonds is 3. The van der Waals surface area contributed by atoms with Gasteiger partial charge in [-0.05, 0) is 24.3 Å². The average molecular weight is 348 g/mol. The molecule has 3 aliphatic rings. The quantitative estimate of drug-likeness (QED) is 0.821. The number of hydrogen-bond acceptors (Lipinski definition) is 4. The highest BCUT2D eigenvalue weighted by atomic mass is 32.2. The highest BCUT2D eigenvalue weighted by Crippen LogP contribution is 2.48. The number of carbonyl (C=O) groups is 1. The molecule has 5 nitrogen and oxygen atoms in total. The van der Waals surface area contributed by atoms with Crippen molar-refractivity contribution in [3.8, 4) is 0 Å². The van der Waals surface area contributed by atoms with Crippen molar-refractivity contribution in [2.75, 3.05) is 37.7 Å². The zero-order valence-corrected chi connectivity index (χ0v) is 14.6. The maximum Gasteiger partial charge on any atom is 0.226 e. The predicted molar refractivity (Wildman–Crippen MR) is 92.5 cm³/mol. The van der Waals surface area contributed by atoms with Crippen molar-refractivity contribution in [3.05, 3.63) is 35.9 Å². The summed E-state index contributed by atoms with van der Waals surface area (Å²) in [6.45, 7) is 3.06. The van der Waals surface area contributed by atoms with E-state index in [1.807, 2.05) is 23.1 Å². The number of nitrogens with zero attached hydrogens (tertiary/aromatic N) is 2. The first-order valence-electron chi connectivity index (χ1n) is 8.82. The van der Waals surface area contributed by atoms with Crippen LogP contribution in [0, 0.1) is 5.92 Å². The molecular formula is C18H24N2O3S. The summed E-state index contributed by atoms with van der Waals surface area (Å²) in [6, 6.07) is 10.4. The van der Waals surface area contributed by atoms with Gasteiger partial charge in [-0.3, -0.25) is 9.69 Å². The van der Waals surface area contributed by atoms with Gasteiger partial charge in [0.05, 0.1) is 11.5 Å². The van der Waals surface area contributed by atoms with Crippen LogP contribution in [-0.2, 0) is 14.6 Å². The van der Waals surface area contributed by atoms with Crippen LogP contribution in [0.4, 0.5) is 0 Å². The minimum atomic E-state index is -2.84. The third-order valence-electron chi connectivity index (χ3n) is 5.69. The van der Waals surface area contributed by atoms with Crippen molar-refractivity contribution in [3.63, 3.8) is 0 Å². The summed E-state index contributed by atoms with van der Waals surface area (Å²) in [7, 11) is -2.84. The number of carbonyl (C=O) groups excluding carboxylic acids is 1. The first-order chi connectivity index (χ1) is 11.5. The zero-order valence-electron chi connectivity index (χ0n) is 13.8. The number of piperazine rings is 1. The Morgan fingerprint density at radius 1 is 1.04 bits per heavy atom. The summed E-state index contributed by atoms with van der Waals surface area (Å²) < 4.78 is 23.3. The zero-order chi connectivity index (χ0) is 16.7. The second kappa shape index (κ2) is 6.15. The van der Waals surface area contributed by atoms with Gasteiger partial charge < -0.3 is 4.90 Å². The number of amides is 1. The van der Waals surface area contributed by atoms with Gasteiger partial charge in [0.25, 0.3) is 0 Å². The fraction of sp³-hybridized carbons (Fsp3) is 0.611. The van der Waals surface area contributed by atoms with Gasteiger partial charge in [0.1, 0.15) is 0 Å². The Morgan fingerprint density at radius 3 is 2.38 bits per heavy atom. The third-order valence-corrected chi connectivity index (χ3v) is 7.44. The molecular weight excluding hydrogens is 324 g/mol.